The molecule has 2 unspecified atom stereocenters. The van der Waals surface area contributed by atoms with E-state index in [0.717, 1.165) is 44.1 Å². The number of fused-ring (bicyclic) bond motifs is 1. The number of halogens is 1. The summed E-state index contributed by atoms with van der Waals surface area (Å²) >= 11 is 0. The van der Waals surface area contributed by atoms with Crippen molar-refractivity contribution >= 4 is 5.91 Å². The maximum Gasteiger partial charge on any atom is 0.254 e. The molecule has 2 saturated heterocycles. The number of amides is 1. The highest BCUT2D eigenvalue weighted by atomic mass is 19.1. The Kier molecular flexibility index (Phi) is 3.27. The van der Waals surface area contributed by atoms with Gasteiger partial charge in [-0.05, 0) is 62.0 Å². The van der Waals surface area contributed by atoms with Gasteiger partial charge in [-0.1, -0.05) is 0 Å². The Hall–Kier alpha value is -1.42. The molecular formula is C15H19FN2O. The zero-order valence-corrected chi connectivity index (χ0v) is 11.2. The number of nitrogens with one attached hydrogen (secondary N) is 1. The van der Waals surface area contributed by atoms with E-state index in [1.807, 2.05) is 4.90 Å². The first-order valence-electron chi connectivity index (χ1n) is 6.91. The normalized spacial score (nSPS) is 26.3. The third-order valence-corrected chi connectivity index (χ3v) is 4.41. The van der Waals surface area contributed by atoms with Crippen molar-refractivity contribution in [2.45, 2.75) is 13.3 Å². The minimum atomic E-state index is -0.284. The van der Waals surface area contributed by atoms with Crippen molar-refractivity contribution in [3.8, 4) is 0 Å². The van der Waals surface area contributed by atoms with E-state index in [0.29, 0.717) is 11.5 Å². The Morgan fingerprint density at radius 1 is 1.37 bits per heavy atom. The molecule has 0 aromatic heterocycles. The molecule has 1 aromatic rings. The zero-order chi connectivity index (χ0) is 13.4. The number of rotatable bonds is 1. The fourth-order valence-electron chi connectivity index (χ4n) is 3.26. The van der Waals surface area contributed by atoms with E-state index in [1.165, 1.54) is 12.1 Å². The molecule has 1 aromatic carbocycles. The molecule has 1 N–H and O–H groups in total. The summed E-state index contributed by atoms with van der Waals surface area (Å²) < 4.78 is 13.1. The minimum Gasteiger partial charge on any atom is -0.338 e. The van der Waals surface area contributed by atoms with E-state index in [9.17, 15) is 9.18 Å². The predicted octanol–water partition coefficient (Wildman–Crippen LogP) is 1.82. The molecule has 19 heavy (non-hydrogen) atoms. The number of hydrogen-bond donors (Lipinski definition) is 1. The van der Waals surface area contributed by atoms with E-state index in [1.54, 1.807) is 13.0 Å². The predicted molar refractivity (Wildman–Crippen MR) is 71.5 cm³/mol. The average molecular weight is 262 g/mol. The summed E-state index contributed by atoms with van der Waals surface area (Å²) in [7, 11) is 0. The number of carbonyl (C=O) groups excluding carboxylic acids is 1. The van der Waals surface area contributed by atoms with Crippen LogP contribution < -0.4 is 5.32 Å². The SMILES string of the molecule is Cc1cc(F)ccc1C(=O)N1CCC2CNCC2C1. The highest BCUT2D eigenvalue weighted by Gasteiger charge is 2.34. The summed E-state index contributed by atoms with van der Waals surface area (Å²) in [6.45, 7) is 5.53. The lowest BCUT2D eigenvalue weighted by Gasteiger charge is -2.34. The van der Waals surface area contributed by atoms with Crippen molar-refractivity contribution in [3.05, 3.63) is 35.1 Å². The van der Waals surface area contributed by atoms with Crippen molar-refractivity contribution in [2.24, 2.45) is 11.8 Å². The molecule has 2 fully saturated rings. The molecule has 0 saturated carbocycles. The summed E-state index contributed by atoms with van der Waals surface area (Å²) in [5, 5.41) is 3.39. The van der Waals surface area contributed by atoms with Crippen LogP contribution in [0.5, 0.6) is 0 Å². The van der Waals surface area contributed by atoms with Crippen LogP contribution in [-0.2, 0) is 0 Å². The summed E-state index contributed by atoms with van der Waals surface area (Å²) in [5.74, 6) is 1.06. The molecule has 2 atom stereocenters. The van der Waals surface area contributed by atoms with Crippen LogP contribution in [0.1, 0.15) is 22.3 Å². The average Bonchev–Trinajstić information content (AvgIpc) is 2.85. The highest BCUT2D eigenvalue weighted by Crippen LogP contribution is 2.27. The minimum absolute atomic E-state index is 0.0443. The Morgan fingerprint density at radius 2 is 2.16 bits per heavy atom. The van der Waals surface area contributed by atoms with E-state index < -0.39 is 0 Å². The van der Waals surface area contributed by atoms with Gasteiger partial charge in [0.05, 0.1) is 0 Å². The molecule has 3 nitrogen and oxygen atoms in total. The Balaban J connectivity index is 1.76. The van der Waals surface area contributed by atoms with Crippen molar-refractivity contribution in [1.29, 1.82) is 0 Å². The van der Waals surface area contributed by atoms with Gasteiger partial charge >= 0.3 is 0 Å². The Bertz CT molecular complexity index is 503. The van der Waals surface area contributed by atoms with Crippen molar-refractivity contribution < 1.29 is 9.18 Å². The van der Waals surface area contributed by atoms with Gasteiger partial charge in [-0.15, -0.1) is 0 Å². The van der Waals surface area contributed by atoms with Crippen molar-refractivity contribution in [3.63, 3.8) is 0 Å². The molecule has 2 heterocycles. The molecule has 3 rings (SSSR count). The van der Waals surface area contributed by atoms with Gasteiger partial charge in [0.1, 0.15) is 5.82 Å². The molecule has 2 aliphatic heterocycles. The van der Waals surface area contributed by atoms with Gasteiger partial charge in [0.2, 0.25) is 0 Å². The molecule has 0 bridgehead atoms. The van der Waals surface area contributed by atoms with Crippen LogP contribution in [-0.4, -0.2) is 37.0 Å². The van der Waals surface area contributed by atoms with Gasteiger partial charge in [-0.3, -0.25) is 4.79 Å². The molecule has 2 aliphatic rings. The van der Waals surface area contributed by atoms with Gasteiger partial charge < -0.3 is 10.2 Å². The standard InChI is InChI=1S/C15H19FN2O/c1-10-6-13(16)2-3-14(10)15(19)18-5-4-11-7-17-8-12(11)9-18/h2-3,6,11-12,17H,4-5,7-9H2,1H3. The topological polar surface area (TPSA) is 32.3 Å². The molecule has 0 aliphatic carbocycles. The number of nitrogens with zero attached hydrogens (tertiary/aromatic N) is 1. The van der Waals surface area contributed by atoms with Crippen LogP contribution in [0.3, 0.4) is 0 Å². The number of carbonyl (C=O) groups is 1. The largest absolute Gasteiger partial charge is 0.338 e. The van der Waals surface area contributed by atoms with Crippen LogP contribution in [0.25, 0.3) is 0 Å². The maximum atomic E-state index is 13.1. The molecule has 0 radical (unpaired) electrons. The molecule has 1 amide bonds. The van der Waals surface area contributed by atoms with E-state index >= 15 is 0 Å². The second-order valence-electron chi connectivity index (χ2n) is 5.68. The third-order valence-electron chi connectivity index (χ3n) is 4.41. The summed E-state index contributed by atoms with van der Waals surface area (Å²) in [5.41, 5.74) is 1.35. The lowest BCUT2D eigenvalue weighted by atomic mass is 9.88. The fraction of sp³-hybridized carbons (Fsp3) is 0.533. The number of piperidine rings is 1. The number of aryl methyl sites for hydroxylation is 1. The first-order chi connectivity index (χ1) is 9.15. The van der Waals surface area contributed by atoms with Crippen LogP contribution in [0.4, 0.5) is 4.39 Å². The van der Waals surface area contributed by atoms with Gasteiger partial charge in [0.15, 0.2) is 0 Å². The lowest BCUT2D eigenvalue weighted by molar-refractivity contribution is 0.0641. The summed E-state index contributed by atoms with van der Waals surface area (Å²) in [6.07, 6.45) is 1.07. The number of hydrogen-bond acceptors (Lipinski definition) is 2. The van der Waals surface area contributed by atoms with Crippen molar-refractivity contribution in [1.82, 2.24) is 10.2 Å². The van der Waals surface area contributed by atoms with Crippen LogP contribution >= 0.6 is 0 Å². The van der Waals surface area contributed by atoms with E-state index in [4.69, 9.17) is 0 Å². The second kappa shape index (κ2) is 4.93. The van der Waals surface area contributed by atoms with Gasteiger partial charge in [0, 0.05) is 18.7 Å². The van der Waals surface area contributed by atoms with Crippen molar-refractivity contribution in [2.75, 3.05) is 26.2 Å². The summed E-state index contributed by atoms with van der Waals surface area (Å²) in [6, 6.07) is 4.40. The van der Waals surface area contributed by atoms with Crippen LogP contribution in [0, 0.1) is 24.6 Å². The van der Waals surface area contributed by atoms with E-state index in [2.05, 4.69) is 5.32 Å². The van der Waals surface area contributed by atoms with Gasteiger partial charge in [0.25, 0.3) is 5.91 Å². The van der Waals surface area contributed by atoms with Gasteiger partial charge in [-0.25, -0.2) is 4.39 Å². The van der Waals surface area contributed by atoms with Crippen LogP contribution in [0.15, 0.2) is 18.2 Å². The maximum absolute atomic E-state index is 13.1. The smallest absolute Gasteiger partial charge is 0.254 e. The Labute approximate surface area is 112 Å². The van der Waals surface area contributed by atoms with Crippen LogP contribution in [0.2, 0.25) is 0 Å². The first-order valence-corrected chi connectivity index (χ1v) is 6.91. The Morgan fingerprint density at radius 3 is 2.95 bits per heavy atom. The second-order valence-corrected chi connectivity index (χ2v) is 5.68. The lowest BCUT2D eigenvalue weighted by Crippen LogP contribution is -2.43. The highest BCUT2D eigenvalue weighted by molar-refractivity contribution is 5.95. The number of likely N-dealkylation sites (tertiary alicyclic amines) is 1. The van der Waals surface area contributed by atoms with E-state index in [-0.39, 0.29) is 11.7 Å². The monoisotopic (exact) mass is 262 g/mol. The van der Waals surface area contributed by atoms with Gasteiger partial charge in [-0.2, -0.15) is 0 Å². The quantitative estimate of drug-likeness (QED) is 0.837. The third kappa shape index (κ3) is 2.37. The molecule has 4 heteroatoms. The first kappa shape index (κ1) is 12.6. The molecular weight excluding hydrogens is 243 g/mol. The molecule has 0 spiro atoms. The zero-order valence-electron chi connectivity index (χ0n) is 11.2. The summed E-state index contributed by atoms with van der Waals surface area (Å²) in [4.78, 5) is 14.4. The molecule has 102 valence electrons. The fourth-order valence-corrected chi connectivity index (χ4v) is 3.26. The number of benzene rings is 1.